The van der Waals surface area contributed by atoms with Crippen LogP contribution >= 0.6 is 22.9 Å². The number of nitrogens with one attached hydrogen (secondary N) is 1. The third-order valence-corrected chi connectivity index (χ3v) is 5.51. The van der Waals surface area contributed by atoms with Crippen molar-refractivity contribution in [2.24, 2.45) is 0 Å². The normalized spacial score (nSPS) is 11.6. The number of allylic oxidation sites excluding steroid dienone is 1. The number of aromatic nitrogens is 1. The molecule has 3 aromatic rings. The average molecular weight is 415 g/mol. The van der Waals surface area contributed by atoms with Crippen molar-refractivity contribution in [3.8, 4) is 0 Å². The number of aryl methyl sites for hydroxylation is 1. The second-order valence-electron chi connectivity index (χ2n) is 6.54. The molecule has 1 aromatic carbocycles. The highest BCUT2D eigenvalue weighted by molar-refractivity contribution is 7.09. The van der Waals surface area contributed by atoms with Crippen molar-refractivity contribution in [1.82, 2.24) is 10.5 Å². The largest absolute Gasteiger partial charge is 0.360 e. The third-order valence-electron chi connectivity index (χ3n) is 4.40. The van der Waals surface area contributed by atoms with Gasteiger partial charge in [0, 0.05) is 28.9 Å². The van der Waals surface area contributed by atoms with Gasteiger partial charge in [0.15, 0.2) is 5.69 Å². The fourth-order valence-corrected chi connectivity index (χ4v) is 3.91. The number of carbonyl (C=O) groups excluding carboxylic acids is 1. The van der Waals surface area contributed by atoms with E-state index < -0.39 is 0 Å². The molecule has 4 nitrogen and oxygen atoms in total. The lowest BCUT2D eigenvalue weighted by Crippen LogP contribution is -2.25. The second kappa shape index (κ2) is 9.71. The van der Waals surface area contributed by atoms with Gasteiger partial charge in [-0.1, -0.05) is 41.9 Å². The molecule has 3 rings (SSSR count). The van der Waals surface area contributed by atoms with Gasteiger partial charge in [-0.05, 0) is 60.0 Å². The van der Waals surface area contributed by atoms with Crippen LogP contribution in [0.3, 0.4) is 0 Å². The highest BCUT2D eigenvalue weighted by atomic mass is 35.5. The van der Waals surface area contributed by atoms with E-state index in [-0.39, 0.29) is 5.91 Å². The molecule has 0 fully saturated rings. The maximum atomic E-state index is 12.4. The molecular weight excluding hydrogens is 392 g/mol. The van der Waals surface area contributed by atoms with Crippen LogP contribution in [0.15, 0.2) is 52.4 Å². The van der Waals surface area contributed by atoms with Crippen molar-refractivity contribution in [2.75, 3.05) is 6.54 Å². The summed E-state index contributed by atoms with van der Waals surface area (Å²) in [5.41, 5.74) is 3.79. The van der Waals surface area contributed by atoms with E-state index in [0.29, 0.717) is 29.4 Å². The maximum Gasteiger partial charge on any atom is 0.273 e. The number of nitrogens with zero attached hydrogens (tertiary/aromatic N) is 1. The first-order chi connectivity index (χ1) is 13.6. The molecule has 0 spiro atoms. The minimum absolute atomic E-state index is 0.222. The summed E-state index contributed by atoms with van der Waals surface area (Å²) in [5, 5.41) is 9.56. The average Bonchev–Trinajstić information content (AvgIpc) is 3.35. The Labute approximate surface area is 174 Å². The minimum atomic E-state index is -0.222. The van der Waals surface area contributed by atoms with Crippen molar-refractivity contribution < 1.29 is 9.32 Å². The first-order valence-electron chi connectivity index (χ1n) is 9.28. The Hall–Kier alpha value is -2.37. The molecule has 1 amide bonds. The lowest BCUT2D eigenvalue weighted by molar-refractivity contribution is 0.0945. The molecule has 0 saturated heterocycles. The molecule has 0 aliphatic rings. The van der Waals surface area contributed by atoms with Crippen LogP contribution in [0.25, 0.3) is 5.57 Å². The molecule has 0 unspecified atom stereocenters. The molecule has 2 heterocycles. The Kier molecular flexibility index (Phi) is 7.06. The van der Waals surface area contributed by atoms with Crippen LogP contribution in [0.5, 0.6) is 0 Å². The SMILES string of the molecule is CC/C=C(/CCNC(=O)c1cc(Cc2cccs2)on1)c1cc(Cl)ccc1C. The molecule has 0 aliphatic carbocycles. The van der Waals surface area contributed by atoms with E-state index in [0.717, 1.165) is 18.4 Å². The molecule has 0 atom stereocenters. The van der Waals surface area contributed by atoms with Crippen LogP contribution in [0.1, 0.15) is 52.0 Å². The minimum Gasteiger partial charge on any atom is -0.360 e. The van der Waals surface area contributed by atoms with E-state index in [1.165, 1.54) is 16.0 Å². The van der Waals surface area contributed by atoms with Gasteiger partial charge in [0.25, 0.3) is 5.91 Å². The van der Waals surface area contributed by atoms with Gasteiger partial charge >= 0.3 is 0 Å². The smallest absolute Gasteiger partial charge is 0.273 e. The van der Waals surface area contributed by atoms with Gasteiger partial charge in [-0.15, -0.1) is 11.3 Å². The molecule has 0 saturated carbocycles. The summed E-state index contributed by atoms with van der Waals surface area (Å²) in [6.45, 7) is 4.69. The van der Waals surface area contributed by atoms with Crippen LogP contribution in [-0.2, 0) is 6.42 Å². The molecule has 2 aromatic heterocycles. The number of thiophene rings is 1. The van der Waals surface area contributed by atoms with Crippen molar-refractivity contribution in [1.29, 1.82) is 0 Å². The molecule has 0 bridgehead atoms. The van der Waals surface area contributed by atoms with Crippen molar-refractivity contribution in [3.05, 3.63) is 80.3 Å². The summed E-state index contributed by atoms with van der Waals surface area (Å²) in [6, 6.07) is 11.6. The first kappa shape index (κ1) is 20.4. The van der Waals surface area contributed by atoms with Crippen LogP contribution in [0, 0.1) is 6.92 Å². The Morgan fingerprint density at radius 1 is 1.32 bits per heavy atom. The Balaban J connectivity index is 1.58. The van der Waals surface area contributed by atoms with E-state index in [2.05, 4.69) is 30.4 Å². The summed E-state index contributed by atoms with van der Waals surface area (Å²) < 4.78 is 5.29. The van der Waals surface area contributed by atoms with Crippen molar-refractivity contribution >= 4 is 34.4 Å². The number of hydrogen-bond acceptors (Lipinski definition) is 4. The Morgan fingerprint density at radius 2 is 2.18 bits per heavy atom. The molecule has 1 N–H and O–H groups in total. The number of carbonyl (C=O) groups is 1. The number of amides is 1. The maximum absolute atomic E-state index is 12.4. The van der Waals surface area contributed by atoms with Crippen LogP contribution in [-0.4, -0.2) is 17.6 Å². The zero-order valence-corrected chi connectivity index (χ0v) is 17.6. The Morgan fingerprint density at radius 3 is 2.93 bits per heavy atom. The van der Waals surface area contributed by atoms with Crippen molar-refractivity contribution in [3.63, 3.8) is 0 Å². The number of hydrogen-bond donors (Lipinski definition) is 1. The zero-order chi connectivity index (χ0) is 19.9. The summed E-state index contributed by atoms with van der Waals surface area (Å²) in [6.07, 6.45) is 4.47. The van der Waals surface area contributed by atoms with E-state index >= 15 is 0 Å². The van der Waals surface area contributed by atoms with Gasteiger partial charge in [0.1, 0.15) is 5.76 Å². The predicted octanol–water partition coefficient (Wildman–Crippen LogP) is 5.90. The highest BCUT2D eigenvalue weighted by Gasteiger charge is 2.13. The van der Waals surface area contributed by atoms with E-state index in [1.807, 2.05) is 35.7 Å². The van der Waals surface area contributed by atoms with E-state index in [1.54, 1.807) is 17.4 Å². The fraction of sp³-hybridized carbons (Fsp3) is 0.273. The van der Waals surface area contributed by atoms with Gasteiger partial charge in [-0.25, -0.2) is 0 Å². The van der Waals surface area contributed by atoms with Gasteiger partial charge in [0.05, 0.1) is 0 Å². The fourth-order valence-electron chi connectivity index (χ4n) is 3.02. The monoisotopic (exact) mass is 414 g/mol. The molecule has 28 heavy (non-hydrogen) atoms. The van der Waals surface area contributed by atoms with Crippen LogP contribution in [0.4, 0.5) is 0 Å². The van der Waals surface area contributed by atoms with E-state index in [4.69, 9.17) is 16.1 Å². The Bertz CT molecular complexity index is 961. The lowest BCUT2D eigenvalue weighted by atomic mass is 9.97. The number of halogens is 1. The summed E-state index contributed by atoms with van der Waals surface area (Å²) >= 11 is 7.82. The van der Waals surface area contributed by atoms with Gasteiger partial charge < -0.3 is 9.84 Å². The number of rotatable bonds is 8. The van der Waals surface area contributed by atoms with Gasteiger partial charge in [-0.2, -0.15) is 0 Å². The summed E-state index contributed by atoms with van der Waals surface area (Å²) in [4.78, 5) is 13.6. The van der Waals surface area contributed by atoms with Crippen molar-refractivity contribution in [2.45, 2.75) is 33.1 Å². The standard InChI is InChI=1S/C22H23ClN2O2S/c1-3-5-16(20-12-17(23)8-7-15(20)2)9-10-24-22(26)21-14-18(27-25-21)13-19-6-4-11-28-19/h4-8,11-12,14H,3,9-10,13H2,1-2H3,(H,24,26)/b16-5-. The molecule has 0 aliphatic heterocycles. The lowest BCUT2D eigenvalue weighted by Gasteiger charge is -2.12. The molecule has 0 radical (unpaired) electrons. The molecule has 146 valence electrons. The predicted molar refractivity (Wildman–Crippen MR) is 115 cm³/mol. The second-order valence-corrected chi connectivity index (χ2v) is 8.01. The molecular formula is C22H23ClN2O2S. The topological polar surface area (TPSA) is 55.1 Å². The van der Waals surface area contributed by atoms with E-state index in [9.17, 15) is 4.79 Å². The summed E-state index contributed by atoms with van der Waals surface area (Å²) in [5.74, 6) is 0.466. The van der Waals surface area contributed by atoms with Gasteiger partial charge in [-0.3, -0.25) is 4.79 Å². The zero-order valence-electron chi connectivity index (χ0n) is 16.0. The number of benzene rings is 1. The first-order valence-corrected chi connectivity index (χ1v) is 10.5. The molecule has 6 heteroatoms. The quantitative estimate of drug-likeness (QED) is 0.499. The third kappa shape index (κ3) is 5.33. The van der Waals surface area contributed by atoms with Crippen LogP contribution in [0.2, 0.25) is 5.02 Å². The van der Waals surface area contributed by atoms with Gasteiger partial charge in [0.2, 0.25) is 0 Å². The highest BCUT2D eigenvalue weighted by Crippen LogP contribution is 2.25. The van der Waals surface area contributed by atoms with Crippen LogP contribution < -0.4 is 5.32 Å². The summed E-state index contributed by atoms with van der Waals surface area (Å²) in [7, 11) is 0.